The number of carbonyl (C=O) groups is 3. The fraction of sp³-hybridized carbons (Fsp3) is 0.423. The zero-order chi connectivity index (χ0) is 25.5. The van der Waals surface area contributed by atoms with E-state index in [2.05, 4.69) is 10.6 Å². The van der Waals surface area contributed by atoms with E-state index in [0.29, 0.717) is 6.42 Å². The van der Waals surface area contributed by atoms with Crippen molar-refractivity contribution in [3.63, 3.8) is 0 Å². The first-order valence-electron chi connectivity index (χ1n) is 11.6. The number of rotatable bonds is 11. The summed E-state index contributed by atoms with van der Waals surface area (Å²) in [7, 11) is 0. The predicted molar refractivity (Wildman–Crippen MR) is 126 cm³/mol. The number of benzene rings is 2. The Bertz CT molecular complexity index is 1010. The highest BCUT2D eigenvalue weighted by Gasteiger charge is 2.30. The number of carboxylic acids is 1. The Balaban J connectivity index is 1.59. The van der Waals surface area contributed by atoms with Crippen molar-refractivity contribution in [1.82, 2.24) is 10.6 Å². The van der Waals surface area contributed by atoms with Gasteiger partial charge in [0.05, 0.1) is 5.92 Å². The fourth-order valence-corrected chi connectivity index (χ4v) is 4.40. The van der Waals surface area contributed by atoms with Crippen molar-refractivity contribution in [3.05, 3.63) is 59.7 Å². The number of carbonyl (C=O) groups excluding carboxylic acids is 2. The number of fused-ring (bicyclic) bond motifs is 3. The first-order valence-corrected chi connectivity index (χ1v) is 11.6. The third kappa shape index (κ3) is 6.77. The maximum atomic E-state index is 12.7. The van der Waals surface area contributed by atoms with Crippen LogP contribution >= 0.6 is 0 Å². The molecule has 0 radical (unpaired) electrons. The van der Waals surface area contributed by atoms with Crippen LogP contribution in [0.4, 0.5) is 13.6 Å². The van der Waals surface area contributed by atoms with E-state index in [1.54, 1.807) is 0 Å². The average molecular weight is 489 g/mol. The summed E-state index contributed by atoms with van der Waals surface area (Å²) in [5, 5.41) is 13.9. The molecule has 0 heterocycles. The molecular formula is C26H30F2N2O5. The van der Waals surface area contributed by atoms with Crippen LogP contribution in [0.5, 0.6) is 0 Å². The Hall–Kier alpha value is -3.49. The molecule has 0 saturated heterocycles. The van der Waals surface area contributed by atoms with Gasteiger partial charge in [-0.2, -0.15) is 0 Å². The SMILES string of the molecule is CC(C)CC(CNC(=O)OCC1c2ccccc2-c2ccccc21)C(=O)NC(CC(F)F)C(=O)O. The van der Waals surface area contributed by atoms with E-state index >= 15 is 0 Å². The van der Waals surface area contributed by atoms with Crippen LogP contribution in [0.3, 0.4) is 0 Å². The molecule has 9 heteroatoms. The molecule has 2 atom stereocenters. The Labute approximate surface area is 202 Å². The lowest BCUT2D eigenvalue weighted by molar-refractivity contribution is -0.143. The van der Waals surface area contributed by atoms with Gasteiger partial charge >= 0.3 is 12.1 Å². The molecule has 0 fully saturated rings. The van der Waals surface area contributed by atoms with Gasteiger partial charge in [0.1, 0.15) is 12.6 Å². The average Bonchev–Trinajstić information content (AvgIpc) is 3.13. The van der Waals surface area contributed by atoms with Crippen LogP contribution in [0.1, 0.15) is 43.7 Å². The summed E-state index contributed by atoms with van der Waals surface area (Å²) in [5.41, 5.74) is 4.33. The van der Waals surface area contributed by atoms with Gasteiger partial charge < -0.3 is 20.5 Å². The molecule has 0 bridgehead atoms. The Morgan fingerprint density at radius 2 is 1.54 bits per heavy atom. The second kappa shape index (κ2) is 11.8. The molecule has 3 rings (SSSR count). The third-order valence-electron chi connectivity index (χ3n) is 5.99. The van der Waals surface area contributed by atoms with Gasteiger partial charge in [-0.3, -0.25) is 4.79 Å². The Morgan fingerprint density at radius 3 is 2.06 bits per heavy atom. The number of nitrogens with one attached hydrogen (secondary N) is 2. The Morgan fingerprint density at radius 1 is 0.971 bits per heavy atom. The van der Waals surface area contributed by atoms with Crippen LogP contribution < -0.4 is 10.6 Å². The van der Waals surface area contributed by atoms with Crippen molar-refractivity contribution in [2.45, 2.75) is 45.1 Å². The molecule has 1 aliphatic carbocycles. The molecule has 188 valence electrons. The van der Waals surface area contributed by atoms with Gasteiger partial charge in [0, 0.05) is 18.9 Å². The molecule has 0 aromatic heterocycles. The molecule has 2 amide bonds. The van der Waals surface area contributed by atoms with Crippen LogP contribution in [0.2, 0.25) is 0 Å². The second-order valence-corrected chi connectivity index (χ2v) is 9.06. The van der Waals surface area contributed by atoms with Crippen LogP contribution in [-0.4, -0.2) is 48.7 Å². The number of hydrogen-bond acceptors (Lipinski definition) is 4. The minimum absolute atomic E-state index is 0.0495. The lowest BCUT2D eigenvalue weighted by Gasteiger charge is -2.22. The molecule has 35 heavy (non-hydrogen) atoms. The molecule has 0 saturated carbocycles. The van der Waals surface area contributed by atoms with Gasteiger partial charge in [0.25, 0.3) is 0 Å². The normalized spacial score (nSPS) is 14.2. The number of aliphatic carboxylic acids is 1. The van der Waals surface area contributed by atoms with Gasteiger partial charge in [0.15, 0.2) is 0 Å². The van der Waals surface area contributed by atoms with Crippen LogP contribution in [0, 0.1) is 11.8 Å². The first kappa shape index (κ1) is 26.1. The summed E-state index contributed by atoms with van der Waals surface area (Å²) in [6.45, 7) is 3.72. The lowest BCUT2D eigenvalue weighted by Crippen LogP contribution is -2.47. The van der Waals surface area contributed by atoms with Crippen molar-refractivity contribution >= 4 is 18.0 Å². The predicted octanol–water partition coefficient (Wildman–Crippen LogP) is 4.41. The van der Waals surface area contributed by atoms with Gasteiger partial charge in [-0.15, -0.1) is 0 Å². The zero-order valence-corrected chi connectivity index (χ0v) is 19.7. The van der Waals surface area contributed by atoms with E-state index in [1.165, 1.54) is 0 Å². The highest BCUT2D eigenvalue weighted by atomic mass is 19.3. The fourth-order valence-electron chi connectivity index (χ4n) is 4.40. The number of amides is 2. The molecule has 7 nitrogen and oxygen atoms in total. The smallest absolute Gasteiger partial charge is 0.407 e. The minimum Gasteiger partial charge on any atom is -0.480 e. The summed E-state index contributed by atoms with van der Waals surface area (Å²) in [5.74, 6) is -3.10. The van der Waals surface area contributed by atoms with Crippen molar-refractivity contribution in [3.8, 4) is 11.1 Å². The van der Waals surface area contributed by atoms with Gasteiger partial charge in [-0.25, -0.2) is 18.4 Å². The van der Waals surface area contributed by atoms with Gasteiger partial charge in [0.2, 0.25) is 12.3 Å². The standard InChI is InChI=1S/C26H30F2N2O5/c1-15(2)11-16(24(31)30-22(25(32)33)12-23(27)28)13-29-26(34)35-14-21-19-9-5-3-7-17(19)18-8-4-6-10-20(18)21/h3-10,15-16,21-23H,11-14H2,1-2H3,(H,29,34)(H,30,31)(H,32,33). The molecule has 1 aliphatic rings. The molecular weight excluding hydrogens is 458 g/mol. The zero-order valence-electron chi connectivity index (χ0n) is 19.7. The summed E-state index contributed by atoms with van der Waals surface area (Å²) in [6.07, 6.45) is -4.25. The number of halogens is 2. The summed E-state index contributed by atoms with van der Waals surface area (Å²) >= 11 is 0. The van der Waals surface area contributed by atoms with E-state index in [-0.39, 0.29) is 25.0 Å². The first-order chi connectivity index (χ1) is 16.7. The van der Waals surface area contributed by atoms with Crippen LogP contribution in [0.15, 0.2) is 48.5 Å². The third-order valence-corrected chi connectivity index (χ3v) is 5.99. The summed E-state index contributed by atoms with van der Waals surface area (Å²) in [4.78, 5) is 36.3. The minimum atomic E-state index is -2.88. The number of carboxylic acid groups (broad SMARTS) is 1. The van der Waals surface area contributed by atoms with E-state index < -0.39 is 42.8 Å². The maximum Gasteiger partial charge on any atom is 0.407 e. The second-order valence-electron chi connectivity index (χ2n) is 9.06. The quantitative estimate of drug-likeness (QED) is 0.435. The maximum absolute atomic E-state index is 12.7. The van der Waals surface area contributed by atoms with Crippen LogP contribution in [0.25, 0.3) is 11.1 Å². The number of alkyl halides is 2. The van der Waals surface area contributed by atoms with E-state index in [4.69, 9.17) is 9.84 Å². The van der Waals surface area contributed by atoms with E-state index in [9.17, 15) is 23.2 Å². The van der Waals surface area contributed by atoms with Gasteiger partial charge in [-0.05, 0) is 34.6 Å². The molecule has 0 spiro atoms. The summed E-state index contributed by atoms with van der Waals surface area (Å²) in [6, 6.07) is 14.2. The number of alkyl carbamates (subject to hydrolysis) is 1. The highest BCUT2D eigenvalue weighted by molar-refractivity contribution is 5.85. The molecule has 0 aliphatic heterocycles. The van der Waals surface area contributed by atoms with E-state index in [1.807, 2.05) is 62.4 Å². The lowest BCUT2D eigenvalue weighted by atomic mass is 9.95. The van der Waals surface area contributed by atoms with E-state index in [0.717, 1.165) is 22.3 Å². The van der Waals surface area contributed by atoms with Crippen molar-refractivity contribution in [2.75, 3.05) is 13.2 Å². The largest absolute Gasteiger partial charge is 0.480 e. The van der Waals surface area contributed by atoms with Crippen LogP contribution in [-0.2, 0) is 14.3 Å². The van der Waals surface area contributed by atoms with Gasteiger partial charge in [-0.1, -0.05) is 62.4 Å². The highest BCUT2D eigenvalue weighted by Crippen LogP contribution is 2.44. The molecule has 3 N–H and O–H groups in total. The molecule has 2 aromatic rings. The van der Waals surface area contributed by atoms with Crippen molar-refractivity contribution in [2.24, 2.45) is 11.8 Å². The topological polar surface area (TPSA) is 105 Å². The monoisotopic (exact) mass is 488 g/mol. The van der Waals surface area contributed by atoms with Crippen molar-refractivity contribution < 1.29 is 33.0 Å². The summed E-state index contributed by atoms with van der Waals surface area (Å²) < 4.78 is 30.8. The van der Waals surface area contributed by atoms with Crippen molar-refractivity contribution in [1.29, 1.82) is 0 Å². The molecule has 2 aromatic carbocycles. The number of hydrogen-bond donors (Lipinski definition) is 3. The molecule has 2 unspecified atom stereocenters. The Kier molecular flexibility index (Phi) is 8.78. The number of ether oxygens (including phenoxy) is 1.